The molecule has 118 valence electrons. The number of methoxy groups -OCH3 is 1. The smallest absolute Gasteiger partial charge is 0.201 e. The SMILES string of the molecule is CCC(C)(C(=O)c1c(Br)cnn1CCOC)N1CCCC1. The van der Waals surface area contributed by atoms with E-state index in [-0.39, 0.29) is 5.78 Å². The van der Waals surface area contributed by atoms with Crippen LogP contribution in [0.5, 0.6) is 0 Å². The van der Waals surface area contributed by atoms with Gasteiger partial charge in [0.2, 0.25) is 5.78 Å². The molecule has 1 unspecified atom stereocenters. The predicted molar refractivity (Wildman–Crippen MR) is 85.6 cm³/mol. The molecule has 0 N–H and O–H groups in total. The summed E-state index contributed by atoms with van der Waals surface area (Å²) in [6, 6.07) is 0. The maximum Gasteiger partial charge on any atom is 0.201 e. The van der Waals surface area contributed by atoms with Crippen LogP contribution < -0.4 is 0 Å². The minimum absolute atomic E-state index is 0.146. The number of nitrogens with zero attached hydrogens (tertiary/aromatic N) is 3. The number of aromatic nitrogens is 2. The molecule has 6 heteroatoms. The lowest BCUT2D eigenvalue weighted by molar-refractivity contribution is 0.0632. The zero-order valence-electron chi connectivity index (χ0n) is 13.1. The molecule has 0 radical (unpaired) electrons. The Hall–Kier alpha value is -0.720. The van der Waals surface area contributed by atoms with Crippen molar-refractivity contribution in [2.24, 2.45) is 0 Å². The first-order chi connectivity index (χ1) is 10.0. The lowest BCUT2D eigenvalue weighted by atomic mass is 9.89. The highest BCUT2D eigenvalue weighted by atomic mass is 79.9. The summed E-state index contributed by atoms with van der Waals surface area (Å²) in [5.74, 6) is 0.146. The Kier molecular flexibility index (Phi) is 5.57. The Bertz CT molecular complexity index is 497. The summed E-state index contributed by atoms with van der Waals surface area (Å²) in [6.07, 6.45) is 4.84. The van der Waals surface area contributed by atoms with Gasteiger partial charge in [-0.3, -0.25) is 14.4 Å². The van der Waals surface area contributed by atoms with E-state index in [1.165, 1.54) is 12.8 Å². The standard InChI is InChI=1S/C15H24BrN3O2/c1-4-15(2,18-7-5-6-8-18)14(20)13-12(16)11-17-19(13)9-10-21-3/h11H,4-10H2,1-3H3. The molecular formula is C15H24BrN3O2. The maximum absolute atomic E-state index is 13.2. The highest BCUT2D eigenvalue weighted by Gasteiger charge is 2.41. The fraction of sp³-hybridized carbons (Fsp3) is 0.733. The molecule has 0 bridgehead atoms. The van der Waals surface area contributed by atoms with Crippen LogP contribution in [0.3, 0.4) is 0 Å². The lowest BCUT2D eigenvalue weighted by Gasteiger charge is -2.36. The summed E-state index contributed by atoms with van der Waals surface area (Å²) in [6.45, 7) is 7.27. The molecule has 0 amide bonds. The monoisotopic (exact) mass is 357 g/mol. The number of ether oxygens (including phenoxy) is 1. The van der Waals surface area contributed by atoms with Crippen LogP contribution in [-0.2, 0) is 11.3 Å². The number of rotatable bonds is 7. The van der Waals surface area contributed by atoms with Crippen LogP contribution in [0.1, 0.15) is 43.6 Å². The van der Waals surface area contributed by atoms with E-state index in [0.717, 1.165) is 24.0 Å². The van der Waals surface area contributed by atoms with Gasteiger partial charge in [-0.15, -0.1) is 0 Å². The molecule has 5 nitrogen and oxygen atoms in total. The van der Waals surface area contributed by atoms with Gasteiger partial charge in [-0.25, -0.2) is 0 Å². The van der Waals surface area contributed by atoms with Crippen molar-refractivity contribution in [1.82, 2.24) is 14.7 Å². The van der Waals surface area contributed by atoms with Crippen LogP contribution in [0.4, 0.5) is 0 Å². The van der Waals surface area contributed by atoms with Gasteiger partial charge in [0.15, 0.2) is 0 Å². The van der Waals surface area contributed by atoms with Gasteiger partial charge in [0.1, 0.15) is 5.69 Å². The zero-order chi connectivity index (χ0) is 15.5. The molecule has 1 aromatic rings. The van der Waals surface area contributed by atoms with Crippen molar-refractivity contribution in [3.05, 3.63) is 16.4 Å². The van der Waals surface area contributed by atoms with Gasteiger partial charge in [-0.1, -0.05) is 6.92 Å². The van der Waals surface area contributed by atoms with Crippen molar-refractivity contribution < 1.29 is 9.53 Å². The highest BCUT2D eigenvalue weighted by Crippen LogP contribution is 2.30. The number of hydrogen-bond acceptors (Lipinski definition) is 4. The molecule has 0 aromatic carbocycles. The van der Waals surface area contributed by atoms with Crippen molar-refractivity contribution in [2.45, 2.75) is 45.2 Å². The third-order valence-electron chi connectivity index (χ3n) is 4.50. The van der Waals surface area contributed by atoms with Gasteiger partial charge in [0, 0.05) is 7.11 Å². The second-order valence-electron chi connectivity index (χ2n) is 5.71. The topological polar surface area (TPSA) is 47.4 Å². The minimum atomic E-state index is -0.454. The van der Waals surface area contributed by atoms with E-state index in [1.807, 2.05) is 0 Å². The summed E-state index contributed by atoms with van der Waals surface area (Å²) >= 11 is 3.48. The summed E-state index contributed by atoms with van der Waals surface area (Å²) < 4.78 is 7.62. The van der Waals surface area contributed by atoms with Crippen molar-refractivity contribution in [1.29, 1.82) is 0 Å². The van der Waals surface area contributed by atoms with Crippen molar-refractivity contribution in [3.63, 3.8) is 0 Å². The van der Waals surface area contributed by atoms with Crippen LogP contribution in [0, 0.1) is 0 Å². The Morgan fingerprint density at radius 1 is 1.48 bits per heavy atom. The Labute approximate surface area is 134 Å². The van der Waals surface area contributed by atoms with Crippen LogP contribution in [0.2, 0.25) is 0 Å². The molecule has 1 aliphatic heterocycles. The number of hydrogen-bond donors (Lipinski definition) is 0. The van der Waals surface area contributed by atoms with E-state index >= 15 is 0 Å². The first kappa shape index (κ1) is 16.6. The highest BCUT2D eigenvalue weighted by molar-refractivity contribution is 9.10. The average Bonchev–Trinajstić information content (AvgIpc) is 3.13. The predicted octanol–water partition coefficient (Wildman–Crippen LogP) is 2.74. The first-order valence-corrected chi connectivity index (χ1v) is 8.34. The molecule has 1 atom stereocenters. The fourth-order valence-electron chi connectivity index (χ4n) is 2.93. The number of likely N-dealkylation sites (tertiary alicyclic amines) is 1. The number of halogens is 1. The lowest BCUT2D eigenvalue weighted by Crippen LogP contribution is -2.51. The van der Waals surface area contributed by atoms with Crippen molar-refractivity contribution in [2.75, 3.05) is 26.8 Å². The summed E-state index contributed by atoms with van der Waals surface area (Å²) in [4.78, 5) is 15.5. The molecular weight excluding hydrogens is 334 g/mol. The van der Waals surface area contributed by atoms with Gasteiger partial charge in [0.05, 0.1) is 29.4 Å². The van der Waals surface area contributed by atoms with Crippen molar-refractivity contribution >= 4 is 21.7 Å². The molecule has 0 saturated carbocycles. The second-order valence-corrected chi connectivity index (χ2v) is 6.56. The second kappa shape index (κ2) is 7.03. The Morgan fingerprint density at radius 3 is 2.71 bits per heavy atom. The Balaban J connectivity index is 2.30. The van der Waals surface area contributed by atoms with E-state index in [0.29, 0.717) is 18.8 Å². The van der Waals surface area contributed by atoms with Crippen LogP contribution in [-0.4, -0.2) is 52.8 Å². The number of carbonyl (C=O) groups excluding carboxylic acids is 1. The van der Waals surface area contributed by atoms with Crippen molar-refractivity contribution in [3.8, 4) is 0 Å². The zero-order valence-corrected chi connectivity index (χ0v) is 14.6. The normalized spacial score (nSPS) is 18.9. The van der Waals surface area contributed by atoms with Crippen LogP contribution >= 0.6 is 15.9 Å². The summed E-state index contributed by atoms with van der Waals surface area (Å²) in [7, 11) is 1.65. The van der Waals surface area contributed by atoms with E-state index in [9.17, 15) is 4.79 Å². The summed E-state index contributed by atoms with van der Waals surface area (Å²) in [5, 5.41) is 4.30. The molecule has 1 fully saturated rings. The van der Waals surface area contributed by atoms with Gasteiger partial charge < -0.3 is 4.74 Å². The molecule has 1 aromatic heterocycles. The molecule has 0 aliphatic carbocycles. The molecule has 1 saturated heterocycles. The first-order valence-electron chi connectivity index (χ1n) is 7.54. The molecule has 0 spiro atoms. The van der Waals surface area contributed by atoms with Crippen LogP contribution in [0.15, 0.2) is 10.7 Å². The van der Waals surface area contributed by atoms with E-state index in [1.54, 1.807) is 18.0 Å². The van der Waals surface area contributed by atoms with E-state index < -0.39 is 5.54 Å². The average molecular weight is 358 g/mol. The molecule has 2 rings (SSSR count). The largest absolute Gasteiger partial charge is 0.383 e. The quantitative estimate of drug-likeness (QED) is 0.704. The third-order valence-corrected chi connectivity index (χ3v) is 5.08. The molecule has 1 aliphatic rings. The van der Waals surface area contributed by atoms with E-state index in [4.69, 9.17) is 4.74 Å². The fourth-order valence-corrected chi connectivity index (χ4v) is 3.41. The van der Waals surface area contributed by atoms with Gasteiger partial charge in [0.25, 0.3) is 0 Å². The number of carbonyl (C=O) groups is 1. The number of ketones is 1. The Morgan fingerprint density at radius 2 is 2.14 bits per heavy atom. The summed E-state index contributed by atoms with van der Waals surface area (Å²) in [5.41, 5.74) is 0.201. The van der Waals surface area contributed by atoms with Crippen LogP contribution in [0.25, 0.3) is 0 Å². The van der Waals surface area contributed by atoms with Gasteiger partial charge in [-0.05, 0) is 55.2 Å². The molecule has 2 heterocycles. The number of Topliss-reactive ketones (excluding diaryl/α,β-unsaturated/α-hetero) is 1. The molecule has 21 heavy (non-hydrogen) atoms. The minimum Gasteiger partial charge on any atom is -0.383 e. The maximum atomic E-state index is 13.2. The third kappa shape index (κ3) is 3.22. The van der Waals surface area contributed by atoms with E-state index in [2.05, 4.69) is 39.8 Å². The van der Waals surface area contributed by atoms with Gasteiger partial charge in [-0.2, -0.15) is 5.10 Å². The van der Waals surface area contributed by atoms with Gasteiger partial charge >= 0.3 is 0 Å².